The van der Waals surface area contributed by atoms with Crippen LogP contribution in [0.5, 0.6) is 0 Å². The number of aliphatic hydroxyl groups is 1. The van der Waals surface area contributed by atoms with Gasteiger partial charge in [0.25, 0.3) is 0 Å². The molecule has 0 bridgehead atoms. The van der Waals surface area contributed by atoms with Crippen LogP contribution in [0.15, 0.2) is 86.0 Å². The highest BCUT2D eigenvalue weighted by Crippen LogP contribution is 2.23. The van der Waals surface area contributed by atoms with Crippen molar-refractivity contribution in [2.75, 3.05) is 13.2 Å². The van der Waals surface area contributed by atoms with Crippen molar-refractivity contribution in [3.05, 3.63) is 97.1 Å². The average molecular weight is 591 g/mol. The van der Waals surface area contributed by atoms with E-state index in [1.165, 1.54) is 0 Å². The van der Waals surface area contributed by atoms with Crippen LogP contribution in [0.3, 0.4) is 0 Å². The van der Waals surface area contributed by atoms with Gasteiger partial charge in [-0.25, -0.2) is 0 Å². The fraction of sp³-hybridized carbons (Fsp3) is 0.472. The van der Waals surface area contributed by atoms with Gasteiger partial charge in [-0.3, -0.25) is 14.4 Å². The molecule has 2 rings (SSSR count). The molecule has 7 nitrogen and oxygen atoms in total. The van der Waals surface area contributed by atoms with Gasteiger partial charge in [-0.1, -0.05) is 93.6 Å². The average Bonchev–Trinajstić information content (AvgIpc) is 2.98. The van der Waals surface area contributed by atoms with Gasteiger partial charge in [0.1, 0.15) is 6.61 Å². The predicted octanol–water partition coefficient (Wildman–Crippen LogP) is 5.58. The fourth-order valence-electron chi connectivity index (χ4n) is 4.85. The van der Waals surface area contributed by atoms with E-state index >= 15 is 0 Å². The van der Waals surface area contributed by atoms with E-state index in [1.54, 1.807) is 6.08 Å². The summed E-state index contributed by atoms with van der Waals surface area (Å²) < 4.78 is 5.83. The van der Waals surface area contributed by atoms with Crippen molar-refractivity contribution in [1.29, 1.82) is 0 Å². The zero-order valence-corrected chi connectivity index (χ0v) is 26.1. The Labute approximate surface area is 257 Å². The first kappa shape index (κ1) is 35.5. The van der Waals surface area contributed by atoms with Crippen LogP contribution in [0.4, 0.5) is 0 Å². The largest absolute Gasteiger partial charge is 0.463 e. The molecule has 2 aromatic rings. The second kappa shape index (κ2) is 18.7. The van der Waals surface area contributed by atoms with Crippen molar-refractivity contribution in [2.24, 2.45) is 17.3 Å². The minimum Gasteiger partial charge on any atom is -0.463 e. The Morgan fingerprint density at radius 2 is 1.49 bits per heavy atom. The lowest BCUT2D eigenvalue weighted by Gasteiger charge is -2.32. The van der Waals surface area contributed by atoms with E-state index in [0.29, 0.717) is 25.7 Å². The van der Waals surface area contributed by atoms with Crippen LogP contribution < -0.4 is 10.6 Å². The number of carbonyl (C=O) groups is 3. The number of carbonyl (C=O) groups excluding carboxylic acids is 3. The molecular weight excluding hydrogens is 540 g/mol. The molecule has 43 heavy (non-hydrogen) atoms. The zero-order chi connectivity index (χ0) is 31.7. The number of esters is 1. The first-order valence-electron chi connectivity index (χ1n) is 15.2. The summed E-state index contributed by atoms with van der Waals surface area (Å²) in [6.45, 7) is 13.3. The lowest BCUT2D eigenvalue weighted by molar-refractivity contribution is -0.151. The monoisotopic (exact) mass is 590 g/mol. The topological polar surface area (TPSA) is 105 Å². The number of amides is 2. The molecule has 0 aliphatic heterocycles. The summed E-state index contributed by atoms with van der Waals surface area (Å²) in [6.07, 6.45) is 7.13. The van der Waals surface area contributed by atoms with Gasteiger partial charge in [0.15, 0.2) is 0 Å². The van der Waals surface area contributed by atoms with Crippen LogP contribution in [0.25, 0.3) is 0 Å². The number of unbranched alkanes of at least 4 members (excludes halogenated alkanes) is 1. The summed E-state index contributed by atoms with van der Waals surface area (Å²) in [5.74, 6) is -1.86. The van der Waals surface area contributed by atoms with E-state index < -0.39 is 23.4 Å². The number of rotatable bonds is 19. The summed E-state index contributed by atoms with van der Waals surface area (Å²) >= 11 is 0. The van der Waals surface area contributed by atoms with Gasteiger partial charge < -0.3 is 20.5 Å². The predicted molar refractivity (Wildman–Crippen MR) is 172 cm³/mol. The maximum absolute atomic E-state index is 13.4. The Bertz CT molecular complexity index is 1140. The number of hydrogen-bond donors (Lipinski definition) is 3. The van der Waals surface area contributed by atoms with Crippen molar-refractivity contribution >= 4 is 17.8 Å². The highest BCUT2D eigenvalue weighted by Gasteiger charge is 2.32. The van der Waals surface area contributed by atoms with Gasteiger partial charge >= 0.3 is 5.97 Å². The Morgan fingerprint density at radius 3 is 2.02 bits per heavy atom. The summed E-state index contributed by atoms with van der Waals surface area (Å²) in [5, 5.41) is 15.7. The molecule has 0 fully saturated rings. The van der Waals surface area contributed by atoms with Crippen molar-refractivity contribution in [3.63, 3.8) is 0 Å². The molecule has 2 aromatic carbocycles. The molecule has 0 saturated heterocycles. The molecule has 0 heterocycles. The Hall–Kier alpha value is -3.71. The highest BCUT2D eigenvalue weighted by atomic mass is 16.5. The van der Waals surface area contributed by atoms with E-state index in [-0.39, 0.29) is 43.3 Å². The third kappa shape index (κ3) is 13.4. The van der Waals surface area contributed by atoms with Crippen LogP contribution >= 0.6 is 0 Å². The number of ether oxygens (including phenoxy) is 1. The van der Waals surface area contributed by atoms with Crippen molar-refractivity contribution < 1.29 is 24.2 Å². The first-order chi connectivity index (χ1) is 20.6. The maximum Gasteiger partial charge on any atom is 0.309 e. The number of allylic oxidation sites excluding steroid dienone is 2. The molecule has 0 aliphatic carbocycles. The molecule has 0 saturated carbocycles. The number of aliphatic hydroxyl groups excluding tert-OH is 1. The summed E-state index contributed by atoms with van der Waals surface area (Å²) in [7, 11) is 0. The molecule has 0 radical (unpaired) electrons. The SMILES string of the molecule is C=CCCC[C@H](Cc1ccccc1)C(=O)OC[C@@H](NC(=O)[C@H](CC=C)CC(=O)N[C@H](CO)Cc1ccccc1)C(C)(C)C. The smallest absolute Gasteiger partial charge is 0.309 e. The van der Waals surface area contributed by atoms with Gasteiger partial charge in [0.05, 0.1) is 30.5 Å². The van der Waals surface area contributed by atoms with E-state index in [4.69, 9.17) is 4.74 Å². The van der Waals surface area contributed by atoms with Gasteiger partial charge in [-0.05, 0) is 55.1 Å². The second-order valence-corrected chi connectivity index (χ2v) is 12.2. The quantitative estimate of drug-likeness (QED) is 0.113. The van der Waals surface area contributed by atoms with Crippen LogP contribution in [-0.4, -0.2) is 48.2 Å². The third-order valence-corrected chi connectivity index (χ3v) is 7.54. The van der Waals surface area contributed by atoms with Crippen molar-refractivity contribution in [2.45, 2.75) is 77.8 Å². The van der Waals surface area contributed by atoms with Crippen LogP contribution in [0.2, 0.25) is 0 Å². The van der Waals surface area contributed by atoms with E-state index in [2.05, 4.69) is 23.8 Å². The summed E-state index contributed by atoms with van der Waals surface area (Å²) in [5.41, 5.74) is 1.66. The van der Waals surface area contributed by atoms with E-state index in [9.17, 15) is 19.5 Å². The maximum atomic E-state index is 13.4. The molecule has 4 atom stereocenters. The molecule has 234 valence electrons. The first-order valence-corrected chi connectivity index (χ1v) is 15.2. The Morgan fingerprint density at radius 1 is 0.884 bits per heavy atom. The van der Waals surface area contributed by atoms with Gasteiger partial charge in [0.2, 0.25) is 11.8 Å². The van der Waals surface area contributed by atoms with Crippen LogP contribution in [0.1, 0.15) is 64.0 Å². The second-order valence-electron chi connectivity index (χ2n) is 12.2. The molecule has 0 spiro atoms. The standard InChI is InChI=1S/C36H50N2O5/c1-6-8-11-21-30(22-27-17-12-9-13-18-27)35(42)43-26-32(36(3,4)5)38-34(41)29(16-7-2)24-33(40)37-31(25-39)23-28-19-14-10-15-20-28/h6-7,9-10,12-15,17-20,29-32,39H,1-2,8,11,16,21-26H2,3-5H3,(H,37,40)(H,38,41)/t29-,30-,31+,32-/m1/s1. The lowest BCUT2D eigenvalue weighted by Crippen LogP contribution is -2.50. The van der Waals surface area contributed by atoms with Crippen LogP contribution in [-0.2, 0) is 32.0 Å². The zero-order valence-electron chi connectivity index (χ0n) is 26.1. The number of hydrogen-bond acceptors (Lipinski definition) is 5. The molecular formula is C36H50N2O5. The normalized spacial score (nSPS) is 14.0. The molecule has 2 amide bonds. The Balaban J connectivity index is 2.03. The van der Waals surface area contributed by atoms with E-state index in [0.717, 1.165) is 24.0 Å². The lowest BCUT2D eigenvalue weighted by atomic mass is 9.86. The third-order valence-electron chi connectivity index (χ3n) is 7.54. The molecule has 3 N–H and O–H groups in total. The summed E-state index contributed by atoms with van der Waals surface area (Å²) in [6, 6.07) is 18.6. The molecule has 0 aromatic heterocycles. The van der Waals surface area contributed by atoms with E-state index in [1.807, 2.05) is 87.5 Å². The minimum atomic E-state index is -0.654. The van der Waals surface area contributed by atoms with Gasteiger partial charge in [-0.15, -0.1) is 13.2 Å². The van der Waals surface area contributed by atoms with Gasteiger partial charge in [0, 0.05) is 6.42 Å². The van der Waals surface area contributed by atoms with Crippen molar-refractivity contribution in [1.82, 2.24) is 10.6 Å². The summed E-state index contributed by atoms with van der Waals surface area (Å²) in [4.78, 5) is 39.6. The Kier molecular flexibility index (Phi) is 15.5. The molecule has 7 heteroatoms. The minimum absolute atomic E-state index is 0.0253. The molecule has 0 aliphatic rings. The number of benzene rings is 2. The number of nitrogens with one attached hydrogen (secondary N) is 2. The highest BCUT2D eigenvalue weighted by molar-refractivity contribution is 5.86. The fourth-order valence-corrected chi connectivity index (χ4v) is 4.85. The van der Waals surface area contributed by atoms with Crippen molar-refractivity contribution in [3.8, 4) is 0 Å². The van der Waals surface area contributed by atoms with Crippen LogP contribution in [0, 0.1) is 17.3 Å². The molecule has 0 unspecified atom stereocenters. The van der Waals surface area contributed by atoms with Gasteiger partial charge in [-0.2, -0.15) is 0 Å².